The second kappa shape index (κ2) is 8.23. The number of unbranched alkanes of at least 4 members (excludes halogenated alkanes) is 3. The SMILES string of the molecule is CCCCCCC(C)Oc1ncc(CCl)c2ccccc12. The van der Waals surface area contributed by atoms with Crippen LogP contribution < -0.4 is 4.74 Å². The molecule has 1 atom stereocenters. The van der Waals surface area contributed by atoms with Gasteiger partial charge in [-0.2, -0.15) is 0 Å². The minimum atomic E-state index is 0.194. The van der Waals surface area contributed by atoms with Crippen molar-refractivity contribution in [1.29, 1.82) is 0 Å². The van der Waals surface area contributed by atoms with Crippen molar-refractivity contribution in [3.05, 3.63) is 36.0 Å². The number of fused-ring (bicyclic) bond motifs is 1. The Labute approximate surface area is 132 Å². The maximum absolute atomic E-state index is 6.05. The Kier molecular flexibility index (Phi) is 6.31. The van der Waals surface area contributed by atoms with E-state index in [1.165, 1.54) is 25.7 Å². The van der Waals surface area contributed by atoms with Crippen molar-refractivity contribution in [1.82, 2.24) is 4.98 Å². The lowest BCUT2D eigenvalue weighted by Gasteiger charge is -2.16. The van der Waals surface area contributed by atoms with Gasteiger partial charge < -0.3 is 4.74 Å². The highest BCUT2D eigenvalue weighted by molar-refractivity contribution is 6.18. The quantitative estimate of drug-likeness (QED) is 0.460. The van der Waals surface area contributed by atoms with Gasteiger partial charge in [0.15, 0.2) is 0 Å². The van der Waals surface area contributed by atoms with Crippen molar-refractivity contribution in [2.75, 3.05) is 0 Å². The van der Waals surface area contributed by atoms with Crippen molar-refractivity contribution in [2.45, 2.75) is 57.9 Å². The first kappa shape index (κ1) is 16.1. The Hall–Kier alpha value is -1.28. The molecule has 0 aliphatic heterocycles. The molecule has 1 heterocycles. The second-order valence-electron chi connectivity index (χ2n) is 5.55. The summed E-state index contributed by atoms with van der Waals surface area (Å²) in [6, 6.07) is 8.17. The maximum atomic E-state index is 6.05. The first-order valence-corrected chi connectivity index (χ1v) is 8.39. The summed E-state index contributed by atoms with van der Waals surface area (Å²) in [5.74, 6) is 1.20. The standard InChI is InChI=1S/C18H24ClNO/c1-3-4-5-6-9-14(2)21-18-17-11-8-7-10-16(17)15(12-19)13-20-18/h7-8,10-11,13-14H,3-6,9,12H2,1-2H3. The molecule has 0 amide bonds. The van der Waals surface area contributed by atoms with E-state index in [0.29, 0.717) is 5.88 Å². The number of hydrogen-bond donors (Lipinski definition) is 0. The van der Waals surface area contributed by atoms with Crippen molar-refractivity contribution in [3.63, 3.8) is 0 Å². The van der Waals surface area contributed by atoms with Gasteiger partial charge in [-0.15, -0.1) is 11.6 Å². The predicted molar refractivity (Wildman–Crippen MR) is 90.1 cm³/mol. The Balaban J connectivity index is 2.08. The third kappa shape index (κ3) is 4.34. The van der Waals surface area contributed by atoms with Crippen molar-refractivity contribution >= 4 is 22.4 Å². The molecule has 21 heavy (non-hydrogen) atoms. The fourth-order valence-electron chi connectivity index (χ4n) is 2.53. The van der Waals surface area contributed by atoms with Gasteiger partial charge >= 0.3 is 0 Å². The second-order valence-corrected chi connectivity index (χ2v) is 5.81. The monoisotopic (exact) mass is 305 g/mol. The number of alkyl halides is 1. The van der Waals surface area contributed by atoms with Crippen molar-refractivity contribution in [3.8, 4) is 5.88 Å². The average molecular weight is 306 g/mol. The number of rotatable bonds is 8. The highest BCUT2D eigenvalue weighted by atomic mass is 35.5. The van der Waals surface area contributed by atoms with Crippen LogP contribution >= 0.6 is 11.6 Å². The minimum Gasteiger partial charge on any atom is -0.474 e. The van der Waals surface area contributed by atoms with Gasteiger partial charge in [-0.25, -0.2) is 4.98 Å². The summed E-state index contributed by atoms with van der Waals surface area (Å²) in [5, 5.41) is 2.19. The molecule has 1 unspecified atom stereocenters. The third-order valence-corrected chi connectivity index (χ3v) is 4.05. The molecule has 0 aliphatic rings. The molecule has 0 bridgehead atoms. The molecule has 0 spiro atoms. The summed E-state index contributed by atoms with van der Waals surface area (Å²) in [5.41, 5.74) is 1.05. The van der Waals surface area contributed by atoms with Crippen LogP contribution in [-0.4, -0.2) is 11.1 Å². The van der Waals surface area contributed by atoms with Gasteiger partial charge in [-0.3, -0.25) is 0 Å². The molecule has 0 saturated heterocycles. The largest absolute Gasteiger partial charge is 0.474 e. The fraction of sp³-hybridized carbons (Fsp3) is 0.500. The number of aromatic nitrogens is 1. The Morgan fingerprint density at radius 1 is 1.14 bits per heavy atom. The molecule has 0 fully saturated rings. The third-order valence-electron chi connectivity index (χ3n) is 3.76. The topological polar surface area (TPSA) is 22.1 Å². The molecule has 0 N–H and O–H groups in total. The van der Waals surface area contributed by atoms with Gasteiger partial charge in [-0.05, 0) is 36.8 Å². The Morgan fingerprint density at radius 3 is 2.62 bits per heavy atom. The first-order valence-electron chi connectivity index (χ1n) is 7.85. The van der Waals surface area contributed by atoms with Gasteiger partial charge in [0.2, 0.25) is 5.88 Å². The molecule has 2 nitrogen and oxygen atoms in total. The van der Waals surface area contributed by atoms with Crippen LogP contribution in [-0.2, 0) is 5.88 Å². The lowest BCUT2D eigenvalue weighted by molar-refractivity contribution is 0.201. The predicted octanol–water partition coefficient (Wildman–Crippen LogP) is 5.71. The van der Waals surface area contributed by atoms with Gasteiger partial charge in [0.25, 0.3) is 0 Å². The number of halogens is 1. The highest BCUT2D eigenvalue weighted by Crippen LogP contribution is 2.28. The summed E-state index contributed by atoms with van der Waals surface area (Å²) >= 11 is 5.98. The van der Waals surface area contributed by atoms with Crippen molar-refractivity contribution in [2.24, 2.45) is 0 Å². The number of nitrogens with zero attached hydrogens (tertiary/aromatic N) is 1. The van der Waals surface area contributed by atoms with Gasteiger partial charge in [0.05, 0.1) is 6.10 Å². The highest BCUT2D eigenvalue weighted by Gasteiger charge is 2.11. The van der Waals surface area contributed by atoms with Crippen LogP contribution in [0.4, 0.5) is 0 Å². The van der Waals surface area contributed by atoms with Crippen LogP contribution in [0.3, 0.4) is 0 Å². The van der Waals surface area contributed by atoms with Crippen LogP contribution in [0.5, 0.6) is 5.88 Å². The molecule has 0 radical (unpaired) electrons. The fourth-order valence-corrected chi connectivity index (χ4v) is 2.75. The molecular formula is C18H24ClNO. The summed E-state index contributed by atoms with van der Waals surface area (Å²) in [7, 11) is 0. The maximum Gasteiger partial charge on any atom is 0.221 e. The van der Waals surface area contributed by atoms with E-state index in [9.17, 15) is 0 Å². The van der Waals surface area contributed by atoms with Gasteiger partial charge in [-0.1, -0.05) is 44.4 Å². The summed E-state index contributed by atoms with van der Waals surface area (Å²) < 4.78 is 6.05. The number of benzene rings is 1. The smallest absolute Gasteiger partial charge is 0.221 e. The number of pyridine rings is 1. The zero-order valence-electron chi connectivity index (χ0n) is 12.9. The van der Waals surface area contributed by atoms with E-state index in [1.54, 1.807) is 0 Å². The Bertz CT molecular complexity index is 570. The van der Waals surface area contributed by atoms with Crippen molar-refractivity contribution < 1.29 is 4.74 Å². The molecule has 1 aromatic carbocycles. The average Bonchev–Trinajstić information content (AvgIpc) is 2.52. The van der Waals surface area contributed by atoms with Crippen LogP contribution in [0.1, 0.15) is 51.5 Å². The Morgan fingerprint density at radius 2 is 1.90 bits per heavy atom. The number of hydrogen-bond acceptors (Lipinski definition) is 2. The van der Waals surface area contributed by atoms with E-state index >= 15 is 0 Å². The molecule has 0 saturated carbocycles. The molecule has 0 aliphatic carbocycles. The molecule has 1 aromatic heterocycles. The van der Waals surface area contributed by atoms with Crippen LogP contribution in [0.15, 0.2) is 30.5 Å². The summed E-state index contributed by atoms with van der Waals surface area (Å²) in [4.78, 5) is 4.46. The lowest BCUT2D eigenvalue weighted by Crippen LogP contribution is -2.12. The molecular weight excluding hydrogens is 282 g/mol. The lowest BCUT2D eigenvalue weighted by atomic mass is 10.1. The number of ether oxygens (including phenoxy) is 1. The zero-order valence-corrected chi connectivity index (χ0v) is 13.7. The van der Waals surface area contributed by atoms with E-state index in [1.807, 2.05) is 18.3 Å². The van der Waals surface area contributed by atoms with Crippen LogP contribution in [0.2, 0.25) is 0 Å². The zero-order chi connectivity index (χ0) is 15.1. The molecule has 3 heteroatoms. The molecule has 2 rings (SSSR count). The van der Waals surface area contributed by atoms with E-state index in [0.717, 1.165) is 28.6 Å². The van der Waals surface area contributed by atoms with E-state index in [-0.39, 0.29) is 6.10 Å². The summed E-state index contributed by atoms with van der Waals surface area (Å²) in [6.07, 6.45) is 8.16. The molecule has 114 valence electrons. The minimum absolute atomic E-state index is 0.194. The summed E-state index contributed by atoms with van der Waals surface area (Å²) in [6.45, 7) is 4.35. The van der Waals surface area contributed by atoms with Gasteiger partial charge in [0, 0.05) is 17.5 Å². The van der Waals surface area contributed by atoms with Crippen LogP contribution in [0.25, 0.3) is 10.8 Å². The first-order chi connectivity index (χ1) is 10.3. The molecule has 2 aromatic rings. The van der Waals surface area contributed by atoms with E-state index < -0.39 is 0 Å². The van der Waals surface area contributed by atoms with E-state index in [2.05, 4.69) is 31.0 Å². The normalized spacial score (nSPS) is 12.5. The van der Waals surface area contributed by atoms with Crippen LogP contribution in [0, 0.1) is 0 Å². The van der Waals surface area contributed by atoms with E-state index in [4.69, 9.17) is 16.3 Å². The van der Waals surface area contributed by atoms with Gasteiger partial charge in [0.1, 0.15) is 0 Å².